The molecule has 32 heavy (non-hydrogen) atoms. The van der Waals surface area contributed by atoms with Crippen molar-refractivity contribution in [2.24, 2.45) is 0 Å². The Balaban J connectivity index is 1.33. The normalized spacial score (nSPS) is 10.8. The van der Waals surface area contributed by atoms with E-state index in [1.54, 1.807) is 0 Å². The van der Waals surface area contributed by atoms with E-state index in [2.05, 4.69) is 82.5 Å². The summed E-state index contributed by atoms with van der Waals surface area (Å²) in [7, 11) is 0. The monoisotopic (exact) mass is 416 g/mol. The van der Waals surface area contributed by atoms with Crippen LogP contribution in [-0.4, -0.2) is 0 Å². The Labute approximate surface area is 187 Å². The lowest BCUT2D eigenvalue weighted by Gasteiger charge is -2.05. The molecule has 5 rings (SSSR count). The third kappa shape index (κ3) is 4.07. The van der Waals surface area contributed by atoms with Gasteiger partial charge in [0, 0.05) is 59.9 Å². The van der Waals surface area contributed by atoms with Crippen LogP contribution in [0, 0.1) is 0 Å². The highest BCUT2D eigenvalue weighted by Gasteiger charge is 2.09. The Morgan fingerprint density at radius 1 is 0.344 bits per heavy atom. The largest absolute Gasteiger partial charge is 0.399 e. The van der Waals surface area contributed by atoms with E-state index in [1.165, 1.54) is 22.3 Å². The molecule has 0 radical (unpaired) electrons. The summed E-state index contributed by atoms with van der Waals surface area (Å²) in [4.78, 5) is 0. The lowest BCUT2D eigenvalue weighted by molar-refractivity contribution is -0.595. The van der Waals surface area contributed by atoms with Crippen LogP contribution in [0.15, 0.2) is 122 Å². The molecule has 0 aliphatic rings. The van der Waals surface area contributed by atoms with Gasteiger partial charge < -0.3 is 11.5 Å². The average Bonchev–Trinajstić information content (AvgIpc) is 2.85. The first-order chi connectivity index (χ1) is 15.7. The van der Waals surface area contributed by atoms with Crippen LogP contribution in [0.2, 0.25) is 0 Å². The predicted octanol–water partition coefficient (Wildman–Crippen LogP) is 4.74. The van der Waals surface area contributed by atoms with Gasteiger partial charge in [-0.3, -0.25) is 0 Å². The molecule has 2 aromatic heterocycles. The van der Waals surface area contributed by atoms with E-state index in [0.717, 1.165) is 22.7 Å². The molecule has 0 spiro atoms. The van der Waals surface area contributed by atoms with E-state index in [0.29, 0.717) is 0 Å². The molecule has 0 aliphatic heterocycles. The second-order valence-corrected chi connectivity index (χ2v) is 7.75. The summed E-state index contributed by atoms with van der Waals surface area (Å²) in [6, 6.07) is 32.9. The molecule has 5 aromatic rings. The zero-order chi connectivity index (χ0) is 21.9. The summed E-state index contributed by atoms with van der Waals surface area (Å²) in [6.07, 6.45) is 8.29. The number of nitrogens with zero attached hydrogens (tertiary/aromatic N) is 2. The first-order valence-electron chi connectivity index (χ1n) is 10.5. The number of rotatable bonds is 4. The molecular weight excluding hydrogens is 392 g/mol. The van der Waals surface area contributed by atoms with Gasteiger partial charge in [0.2, 0.25) is 11.4 Å². The van der Waals surface area contributed by atoms with Gasteiger partial charge in [-0.05, 0) is 46.5 Å². The molecule has 0 atom stereocenters. The molecule has 3 aromatic carbocycles. The zero-order valence-electron chi connectivity index (χ0n) is 17.6. The van der Waals surface area contributed by atoms with Crippen LogP contribution in [0.1, 0.15) is 0 Å². The second kappa shape index (κ2) is 8.36. The fourth-order valence-electron chi connectivity index (χ4n) is 3.73. The van der Waals surface area contributed by atoms with Gasteiger partial charge >= 0.3 is 0 Å². The minimum atomic E-state index is 0.768. The van der Waals surface area contributed by atoms with Crippen molar-refractivity contribution >= 4 is 11.4 Å². The fourth-order valence-corrected chi connectivity index (χ4v) is 3.73. The molecular formula is C28H24N4+2. The van der Waals surface area contributed by atoms with E-state index in [9.17, 15) is 0 Å². The first-order valence-corrected chi connectivity index (χ1v) is 10.5. The van der Waals surface area contributed by atoms with Crippen molar-refractivity contribution in [3.63, 3.8) is 0 Å². The molecule has 4 heteroatoms. The van der Waals surface area contributed by atoms with E-state index in [4.69, 9.17) is 11.5 Å². The molecule has 0 bridgehead atoms. The third-order valence-electron chi connectivity index (χ3n) is 5.59. The van der Waals surface area contributed by atoms with Gasteiger partial charge in [0.25, 0.3) is 0 Å². The number of hydrogen-bond acceptors (Lipinski definition) is 2. The minimum Gasteiger partial charge on any atom is -0.399 e. The van der Waals surface area contributed by atoms with E-state index >= 15 is 0 Å². The van der Waals surface area contributed by atoms with Crippen molar-refractivity contribution in [3.8, 4) is 33.6 Å². The molecule has 0 fully saturated rings. The minimum absolute atomic E-state index is 0.768. The average molecular weight is 417 g/mol. The van der Waals surface area contributed by atoms with Crippen LogP contribution in [0.3, 0.4) is 0 Å². The number of pyridine rings is 2. The van der Waals surface area contributed by atoms with Gasteiger partial charge in [0.1, 0.15) is 0 Å². The maximum atomic E-state index is 5.78. The standard InChI is InChI=1S/C28H23N4/c29-25-5-9-27(10-6-25)31-17-13-23(14-18-31)21-1-2-22(4-3-21)24-15-19-32(20-16-24)28-11-7-26(30)8-12-28/h1-20,29H,30H2/q+1/p+1. The Hall–Kier alpha value is -4.44. The number of nitrogens with two attached hydrogens (primary N) is 2. The molecule has 154 valence electrons. The van der Waals surface area contributed by atoms with Gasteiger partial charge in [0.05, 0.1) is 0 Å². The predicted molar refractivity (Wildman–Crippen MR) is 129 cm³/mol. The molecule has 4 nitrogen and oxygen atoms in total. The van der Waals surface area contributed by atoms with E-state index in [-0.39, 0.29) is 0 Å². The molecule has 0 unspecified atom stereocenters. The fraction of sp³-hybridized carbons (Fsp3) is 0. The summed E-state index contributed by atoms with van der Waals surface area (Å²) in [6.45, 7) is 0. The maximum Gasteiger partial charge on any atom is 0.210 e. The van der Waals surface area contributed by atoms with Crippen LogP contribution in [0.5, 0.6) is 0 Å². The summed E-state index contributed by atoms with van der Waals surface area (Å²) >= 11 is 0. The van der Waals surface area contributed by atoms with Crippen molar-refractivity contribution in [2.45, 2.75) is 0 Å². The van der Waals surface area contributed by atoms with Gasteiger partial charge in [-0.15, -0.1) is 0 Å². The van der Waals surface area contributed by atoms with Crippen LogP contribution < -0.4 is 20.6 Å². The highest BCUT2D eigenvalue weighted by Crippen LogP contribution is 2.24. The Morgan fingerprint density at radius 3 is 0.938 bits per heavy atom. The molecule has 0 aliphatic carbocycles. The van der Waals surface area contributed by atoms with Gasteiger partial charge in [0.15, 0.2) is 24.8 Å². The third-order valence-corrected chi connectivity index (χ3v) is 5.59. The van der Waals surface area contributed by atoms with Gasteiger partial charge in [-0.25, -0.2) is 0 Å². The molecule has 0 saturated heterocycles. The Bertz CT molecular complexity index is 1210. The Kier molecular flexibility index (Phi) is 5.10. The number of anilines is 2. The van der Waals surface area contributed by atoms with Crippen molar-refractivity contribution in [2.75, 3.05) is 11.5 Å². The van der Waals surface area contributed by atoms with Crippen LogP contribution in [-0.2, 0) is 0 Å². The molecule has 2 heterocycles. The summed E-state index contributed by atoms with van der Waals surface area (Å²) in [5.41, 5.74) is 20.0. The number of benzene rings is 3. The Morgan fingerprint density at radius 2 is 0.625 bits per heavy atom. The maximum absolute atomic E-state index is 5.78. The second-order valence-electron chi connectivity index (χ2n) is 7.75. The molecule has 0 amide bonds. The topological polar surface area (TPSA) is 59.8 Å². The van der Waals surface area contributed by atoms with Gasteiger partial charge in [-0.1, -0.05) is 24.3 Å². The lowest BCUT2D eigenvalue weighted by Crippen LogP contribution is -2.29. The summed E-state index contributed by atoms with van der Waals surface area (Å²) in [5.74, 6) is 0. The summed E-state index contributed by atoms with van der Waals surface area (Å²) < 4.78 is 4.16. The SMILES string of the molecule is Nc1ccc(-[n+]2ccc(-c3ccc(-c4cc[n+](-c5ccc(N)cc5)cc4)cc3)cc2)cc1. The van der Waals surface area contributed by atoms with Crippen LogP contribution >= 0.6 is 0 Å². The highest BCUT2D eigenvalue weighted by molar-refractivity contribution is 5.69. The summed E-state index contributed by atoms with van der Waals surface area (Å²) in [5, 5.41) is 0. The zero-order valence-corrected chi connectivity index (χ0v) is 17.6. The van der Waals surface area contributed by atoms with Crippen molar-refractivity contribution in [1.82, 2.24) is 0 Å². The van der Waals surface area contributed by atoms with Crippen molar-refractivity contribution < 1.29 is 9.13 Å². The van der Waals surface area contributed by atoms with Crippen molar-refractivity contribution in [1.29, 1.82) is 0 Å². The van der Waals surface area contributed by atoms with E-state index < -0.39 is 0 Å². The molecule has 4 N–H and O–H groups in total. The first kappa shape index (κ1) is 19.5. The van der Waals surface area contributed by atoms with Crippen LogP contribution in [0.4, 0.5) is 11.4 Å². The quantitative estimate of drug-likeness (QED) is 0.328. The number of nitrogen functional groups attached to an aromatic ring is 2. The lowest BCUT2D eigenvalue weighted by atomic mass is 10.0. The van der Waals surface area contributed by atoms with Crippen LogP contribution in [0.25, 0.3) is 33.6 Å². The number of hydrogen-bond donors (Lipinski definition) is 2. The van der Waals surface area contributed by atoms with E-state index in [1.807, 2.05) is 48.5 Å². The highest BCUT2D eigenvalue weighted by atomic mass is 14.9. The van der Waals surface area contributed by atoms with Gasteiger partial charge in [-0.2, -0.15) is 9.13 Å². The number of aromatic nitrogens is 2. The van der Waals surface area contributed by atoms with Crippen molar-refractivity contribution in [3.05, 3.63) is 122 Å². The molecule has 0 saturated carbocycles. The smallest absolute Gasteiger partial charge is 0.210 e.